The Balaban J connectivity index is 1.23. The summed E-state index contributed by atoms with van der Waals surface area (Å²) in [7, 11) is 0. The van der Waals surface area contributed by atoms with E-state index in [0.29, 0.717) is 0 Å². The Kier molecular flexibility index (Phi) is 8.43. The average Bonchev–Trinajstić information content (AvgIpc) is 4.05. The normalized spacial score (nSPS) is 13.7. The third-order valence-electron chi connectivity index (χ3n) is 17.8. The molecule has 0 heterocycles. The maximum atomic E-state index is 2.62. The van der Waals surface area contributed by atoms with E-state index in [1.807, 2.05) is 0 Å². The van der Waals surface area contributed by atoms with Gasteiger partial charge in [0.25, 0.3) is 0 Å². The zero-order chi connectivity index (χ0) is 50.9. The maximum Gasteiger partial charge on any atom is -0.000718 e. The molecule has 0 amide bonds. The predicted octanol–water partition coefficient (Wildman–Crippen LogP) is 21.7. The predicted molar refractivity (Wildman–Crippen MR) is 325 cm³/mol. The van der Waals surface area contributed by atoms with E-state index in [1.165, 1.54) is 174 Å². The minimum Gasteiger partial charge on any atom is -0.0616 e. The monoisotopic (exact) mass is 950 g/mol. The van der Waals surface area contributed by atoms with Crippen LogP contribution in [-0.2, 0) is 21.7 Å². The molecule has 0 heteroatoms. The van der Waals surface area contributed by atoms with E-state index in [0.717, 1.165) is 0 Å². The molecule has 1 aliphatic rings. The summed E-state index contributed by atoms with van der Waals surface area (Å²) in [5.74, 6) is 0. The molecule has 0 bridgehead atoms. The quantitative estimate of drug-likeness (QED) is 0.120. The van der Waals surface area contributed by atoms with Crippen LogP contribution in [0.15, 0.2) is 158 Å². The first-order valence-electron chi connectivity index (χ1n) is 27.1. The standard InChI is InChI=1S/C74H62/c1-71(2,3)41-32-39(33-42(36-41)72(4,5)6)61-60-38-59-48-21-16-15-20-47(48)49-22-17-23-56(63(49)59)68(60)62(40-34-43(73(7,8)9)37-44(35-40)74(10,11)12)70-58-31-29-55-53-27-25-51-46-19-14-13-18-45(46)50-24-26-52(65(53)64(50)51)54-28-30-57(69(61)70)67(58)66(54)55/h13-38H,1-12H3. The van der Waals surface area contributed by atoms with Gasteiger partial charge in [-0.05, 0) is 202 Å². The van der Waals surface area contributed by atoms with Gasteiger partial charge in [-0.25, -0.2) is 0 Å². The van der Waals surface area contributed by atoms with Crippen LogP contribution in [-0.4, -0.2) is 0 Å². The summed E-state index contributed by atoms with van der Waals surface area (Å²) in [5, 5.41) is 27.0. The highest BCUT2D eigenvalue weighted by molar-refractivity contribution is 6.49. The van der Waals surface area contributed by atoms with Gasteiger partial charge in [0, 0.05) is 0 Å². The highest BCUT2D eigenvalue weighted by atomic mass is 14.4. The Morgan fingerprint density at radius 1 is 0.203 bits per heavy atom. The first-order chi connectivity index (χ1) is 35.3. The summed E-state index contributed by atoms with van der Waals surface area (Å²) in [6, 6.07) is 62.9. The molecule has 0 saturated carbocycles. The minimum absolute atomic E-state index is 0.0684. The molecular formula is C74H62. The molecule has 0 spiro atoms. The van der Waals surface area contributed by atoms with Crippen molar-refractivity contribution < 1.29 is 0 Å². The molecular weight excluding hydrogens is 889 g/mol. The van der Waals surface area contributed by atoms with Crippen LogP contribution < -0.4 is 0 Å². The summed E-state index contributed by atoms with van der Waals surface area (Å²) >= 11 is 0. The van der Waals surface area contributed by atoms with Gasteiger partial charge in [-0.3, -0.25) is 0 Å². The SMILES string of the molecule is CC(C)(C)c1cc(-c2c3cc4c5ccccc5c5cccc(c3c(-c3cc(C(C)(C)C)cc(C(C)(C)C)c3)c3c6ccc7c8ccc9c%10c(ccc(c%11ccc(c23)c6c%117)c%108)-c2ccccc2-9)c54)cc(C(C)(C)C)c1. The van der Waals surface area contributed by atoms with Crippen LogP contribution in [0.3, 0.4) is 0 Å². The molecule has 0 aromatic heterocycles. The van der Waals surface area contributed by atoms with Crippen molar-refractivity contribution in [3.05, 3.63) is 180 Å². The molecule has 14 aromatic rings. The van der Waals surface area contributed by atoms with Crippen molar-refractivity contribution in [1.29, 1.82) is 0 Å². The van der Waals surface area contributed by atoms with Crippen molar-refractivity contribution in [2.75, 3.05) is 0 Å². The largest absolute Gasteiger partial charge is 0.0616 e. The summed E-state index contributed by atoms with van der Waals surface area (Å²) in [4.78, 5) is 0. The van der Waals surface area contributed by atoms with Crippen LogP contribution in [0, 0.1) is 0 Å². The van der Waals surface area contributed by atoms with Crippen LogP contribution in [0.5, 0.6) is 0 Å². The number of rotatable bonds is 2. The topological polar surface area (TPSA) is 0 Å². The van der Waals surface area contributed by atoms with Crippen LogP contribution in [0.4, 0.5) is 0 Å². The molecule has 0 N–H and O–H groups in total. The molecule has 0 nitrogen and oxygen atoms in total. The van der Waals surface area contributed by atoms with Gasteiger partial charge in [0.1, 0.15) is 0 Å². The summed E-state index contributed by atoms with van der Waals surface area (Å²) in [6.45, 7) is 28.6. The molecule has 1 aliphatic carbocycles. The zero-order valence-electron chi connectivity index (χ0n) is 45.0. The van der Waals surface area contributed by atoms with Crippen molar-refractivity contribution in [1.82, 2.24) is 0 Å². The van der Waals surface area contributed by atoms with Crippen molar-refractivity contribution in [3.63, 3.8) is 0 Å². The van der Waals surface area contributed by atoms with E-state index in [-0.39, 0.29) is 21.7 Å². The fraction of sp³-hybridized carbons (Fsp3) is 0.216. The number of hydrogen-bond acceptors (Lipinski definition) is 0. The smallest absolute Gasteiger partial charge is 0.000718 e. The van der Waals surface area contributed by atoms with Gasteiger partial charge in [-0.15, -0.1) is 0 Å². The summed E-state index contributed by atoms with van der Waals surface area (Å²) in [5.41, 5.74) is 15.9. The lowest BCUT2D eigenvalue weighted by Gasteiger charge is -2.28. The van der Waals surface area contributed by atoms with Crippen molar-refractivity contribution in [3.8, 4) is 44.5 Å². The Morgan fingerprint density at radius 3 is 1.05 bits per heavy atom. The van der Waals surface area contributed by atoms with Crippen LogP contribution in [0.1, 0.15) is 105 Å². The number of benzene rings is 12. The maximum absolute atomic E-state index is 2.62. The van der Waals surface area contributed by atoms with Crippen LogP contribution in [0.25, 0.3) is 152 Å². The lowest BCUT2D eigenvalue weighted by Crippen LogP contribution is -2.16. The Hall–Kier alpha value is -7.54. The first kappa shape index (κ1) is 44.0. The molecule has 0 saturated heterocycles. The van der Waals surface area contributed by atoms with Gasteiger partial charge >= 0.3 is 0 Å². The van der Waals surface area contributed by atoms with Crippen LogP contribution in [0.2, 0.25) is 0 Å². The van der Waals surface area contributed by atoms with E-state index in [4.69, 9.17) is 0 Å². The van der Waals surface area contributed by atoms with Gasteiger partial charge in [0.15, 0.2) is 0 Å². The van der Waals surface area contributed by atoms with Crippen molar-refractivity contribution >= 4 is 108 Å². The molecule has 15 rings (SSSR count). The molecule has 0 radical (unpaired) electrons. The zero-order valence-corrected chi connectivity index (χ0v) is 45.0. The van der Waals surface area contributed by atoms with Gasteiger partial charge in [0.2, 0.25) is 0 Å². The summed E-state index contributed by atoms with van der Waals surface area (Å²) < 4.78 is 0. The van der Waals surface area contributed by atoms with Gasteiger partial charge < -0.3 is 0 Å². The van der Waals surface area contributed by atoms with E-state index in [9.17, 15) is 0 Å². The first-order valence-corrected chi connectivity index (χ1v) is 27.1. The second kappa shape index (κ2) is 14.2. The molecule has 358 valence electrons. The molecule has 0 unspecified atom stereocenters. The molecule has 14 aromatic carbocycles. The van der Waals surface area contributed by atoms with Gasteiger partial charge in [-0.1, -0.05) is 235 Å². The second-order valence-electron chi connectivity index (χ2n) is 26.4. The minimum atomic E-state index is -0.0700. The highest BCUT2D eigenvalue weighted by Gasteiger charge is 2.32. The highest BCUT2D eigenvalue weighted by Crippen LogP contribution is 2.59. The van der Waals surface area contributed by atoms with Crippen molar-refractivity contribution in [2.45, 2.75) is 105 Å². The Labute approximate surface area is 434 Å². The fourth-order valence-electron chi connectivity index (χ4n) is 14.0. The fourth-order valence-corrected chi connectivity index (χ4v) is 14.0. The number of hydrogen-bond donors (Lipinski definition) is 0. The van der Waals surface area contributed by atoms with E-state index >= 15 is 0 Å². The molecule has 74 heavy (non-hydrogen) atoms. The van der Waals surface area contributed by atoms with E-state index < -0.39 is 0 Å². The Bertz CT molecular complexity index is 4630. The van der Waals surface area contributed by atoms with Gasteiger partial charge in [0.05, 0.1) is 0 Å². The van der Waals surface area contributed by atoms with Crippen LogP contribution >= 0.6 is 0 Å². The number of fused-ring (bicyclic) bond motifs is 13. The third-order valence-corrected chi connectivity index (χ3v) is 17.8. The average molecular weight is 951 g/mol. The second-order valence-corrected chi connectivity index (χ2v) is 26.4. The molecule has 0 aliphatic heterocycles. The van der Waals surface area contributed by atoms with E-state index in [1.54, 1.807) is 0 Å². The molecule has 0 fully saturated rings. The van der Waals surface area contributed by atoms with E-state index in [2.05, 4.69) is 241 Å². The lowest BCUT2D eigenvalue weighted by molar-refractivity contribution is 0.568. The lowest BCUT2D eigenvalue weighted by atomic mass is 9.76. The van der Waals surface area contributed by atoms with Gasteiger partial charge in [-0.2, -0.15) is 0 Å². The Morgan fingerprint density at radius 2 is 0.554 bits per heavy atom. The third kappa shape index (κ3) is 5.75. The van der Waals surface area contributed by atoms with Crippen molar-refractivity contribution in [2.24, 2.45) is 0 Å². The summed E-state index contributed by atoms with van der Waals surface area (Å²) in [6.07, 6.45) is 0. The molecule has 0 atom stereocenters.